The molecule has 0 spiro atoms. The molecule has 116 valence electrons. The molecule has 2 bridgehead atoms. The standard InChI is InChI=1S/C17H22F2O2/c1-11(2)17-7-6-16(3,21-17)15(9-17)20-10-12-4-5-13(18)14(19)8-12/h4-5,8,11,15H,6-7,9-10H2,1-3H3/t15-,16+,17-/m0/s1. The molecule has 0 aromatic heterocycles. The van der Waals surface area contributed by atoms with Crippen LogP contribution >= 0.6 is 0 Å². The molecule has 1 aromatic rings. The van der Waals surface area contributed by atoms with Crippen LogP contribution in [0.4, 0.5) is 8.78 Å². The van der Waals surface area contributed by atoms with E-state index in [4.69, 9.17) is 9.47 Å². The zero-order valence-corrected chi connectivity index (χ0v) is 12.8. The van der Waals surface area contributed by atoms with Crippen LogP contribution in [0.5, 0.6) is 0 Å². The molecule has 2 fully saturated rings. The Bertz CT molecular complexity index is 546. The van der Waals surface area contributed by atoms with Crippen LogP contribution in [0.15, 0.2) is 18.2 Å². The van der Waals surface area contributed by atoms with Gasteiger partial charge in [0.25, 0.3) is 0 Å². The maximum atomic E-state index is 13.2. The van der Waals surface area contributed by atoms with Gasteiger partial charge in [0.05, 0.1) is 23.9 Å². The summed E-state index contributed by atoms with van der Waals surface area (Å²) >= 11 is 0. The van der Waals surface area contributed by atoms with E-state index in [1.807, 2.05) is 0 Å². The van der Waals surface area contributed by atoms with Crippen LogP contribution in [-0.4, -0.2) is 17.3 Å². The lowest BCUT2D eigenvalue weighted by atomic mass is 9.75. The molecule has 2 aliphatic heterocycles. The molecule has 2 nitrogen and oxygen atoms in total. The third-order valence-corrected chi connectivity index (χ3v) is 5.18. The summed E-state index contributed by atoms with van der Waals surface area (Å²) in [5.41, 5.74) is 0.329. The minimum atomic E-state index is -0.829. The van der Waals surface area contributed by atoms with E-state index in [0.29, 0.717) is 11.5 Å². The van der Waals surface area contributed by atoms with Crippen molar-refractivity contribution in [1.82, 2.24) is 0 Å². The number of halogens is 2. The van der Waals surface area contributed by atoms with E-state index in [-0.39, 0.29) is 23.9 Å². The largest absolute Gasteiger partial charge is 0.370 e. The van der Waals surface area contributed by atoms with Crippen molar-refractivity contribution in [3.05, 3.63) is 35.4 Å². The molecule has 2 saturated heterocycles. The minimum Gasteiger partial charge on any atom is -0.370 e. The fraction of sp³-hybridized carbons (Fsp3) is 0.647. The number of hydrogen-bond donors (Lipinski definition) is 0. The Morgan fingerprint density at radius 2 is 2.05 bits per heavy atom. The summed E-state index contributed by atoms with van der Waals surface area (Å²) in [5.74, 6) is -1.20. The first kappa shape index (κ1) is 14.9. The zero-order valence-electron chi connectivity index (χ0n) is 12.8. The van der Waals surface area contributed by atoms with Gasteiger partial charge in [0.15, 0.2) is 11.6 Å². The Balaban J connectivity index is 1.68. The van der Waals surface area contributed by atoms with Crippen LogP contribution < -0.4 is 0 Å². The van der Waals surface area contributed by atoms with Gasteiger partial charge in [0.1, 0.15) is 0 Å². The lowest BCUT2D eigenvalue weighted by molar-refractivity contribution is -0.0960. The number of hydrogen-bond acceptors (Lipinski definition) is 2. The molecule has 0 radical (unpaired) electrons. The highest BCUT2D eigenvalue weighted by molar-refractivity contribution is 5.17. The topological polar surface area (TPSA) is 18.5 Å². The molecule has 0 saturated carbocycles. The summed E-state index contributed by atoms with van der Waals surface area (Å²) in [6, 6.07) is 3.90. The molecule has 3 rings (SSSR count). The number of benzene rings is 1. The molecule has 4 heteroatoms. The monoisotopic (exact) mass is 296 g/mol. The van der Waals surface area contributed by atoms with E-state index in [2.05, 4.69) is 20.8 Å². The van der Waals surface area contributed by atoms with Gasteiger partial charge in [-0.2, -0.15) is 0 Å². The molecular weight excluding hydrogens is 274 g/mol. The number of ether oxygens (including phenoxy) is 2. The summed E-state index contributed by atoms with van der Waals surface area (Å²) in [7, 11) is 0. The van der Waals surface area contributed by atoms with Crippen molar-refractivity contribution in [2.45, 2.75) is 63.9 Å². The van der Waals surface area contributed by atoms with Crippen molar-refractivity contribution in [2.24, 2.45) is 5.92 Å². The minimum absolute atomic E-state index is 0.0155. The van der Waals surface area contributed by atoms with Gasteiger partial charge >= 0.3 is 0 Å². The van der Waals surface area contributed by atoms with Crippen LogP contribution in [0, 0.1) is 17.6 Å². The van der Waals surface area contributed by atoms with Gasteiger partial charge in [0, 0.05) is 6.42 Å². The van der Waals surface area contributed by atoms with E-state index in [9.17, 15) is 8.78 Å². The van der Waals surface area contributed by atoms with Crippen LogP contribution in [-0.2, 0) is 16.1 Å². The fourth-order valence-electron chi connectivity index (χ4n) is 3.63. The summed E-state index contributed by atoms with van der Waals surface area (Å²) in [6.45, 7) is 6.75. The lowest BCUT2D eigenvalue weighted by Gasteiger charge is -2.31. The maximum Gasteiger partial charge on any atom is 0.159 e. The molecule has 0 unspecified atom stereocenters. The van der Waals surface area contributed by atoms with Gasteiger partial charge < -0.3 is 9.47 Å². The molecule has 3 atom stereocenters. The Morgan fingerprint density at radius 3 is 2.67 bits per heavy atom. The van der Waals surface area contributed by atoms with Crippen LogP contribution in [0.2, 0.25) is 0 Å². The molecule has 0 N–H and O–H groups in total. The average Bonchev–Trinajstić information content (AvgIpc) is 2.92. The van der Waals surface area contributed by atoms with Gasteiger partial charge in [-0.3, -0.25) is 0 Å². The summed E-state index contributed by atoms with van der Waals surface area (Å²) in [6.07, 6.45) is 2.96. The van der Waals surface area contributed by atoms with Crippen LogP contribution in [0.25, 0.3) is 0 Å². The molecule has 0 aliphatic carbocycles. The number of rotatable bonds is 4. The Kier molecular flexibility index (Phi) is 3.57. The molecule has 2 aliphatic rings. The molecule has 2 heterocycles. The molecule has 1 aromatic carbocycles. The lowest BCUT2D eigenvalue weighted by Crippen LogP contribution is -2.38. The first-order valence-corrected chi connectivity index (χ1v) is 7.60. The molecule has 21 heavy (non-hydrogen) atoms. The van der Waals surface area contributed by atoms with E-state index in [0.717, 1.165) is 25.3 Å². The van der Waals surface area contributed by atoms with Gasteiger partial charge in [-0.1, -0.05) is 19.9 Å². The van der Waals surface area contributed by atoms with Crippen LogP contribution in [0.1, 0.15) is 45.6 Å². The Labute approximate surface area is 124 Å². The maximum absolute atomic E-state index is 13.2. The fourth-order valence-corrected chi connectivity index (χ4v) is 3.63. The highest BCUT2D eigenvalue weighted by Gasteiger charge is 2.60. The van der Waals surface area contributed by atoms with Gasteiger partial charge in [-0.05, 0) is 43.4 Å². The van der Waals surface area contributed by atoms with Crippen molar-refractivity contribution in [3.63, 3.8) is 0 Å². The Hall–Kier alpha value is -1.00. The van der Waals surface area contributed by atoms with Crippen molar-refractivity contribution in [2.75, 3.05) is 0 Å². The predicted octanol–water partition coefficient (Wildman–Crippen LogP) is 4.22. The van der Waals surface area contributed by atoms with E-state index in [1.54, 1.807) is 6.07 Å². The van der Waals surface area contributed by atoms with Crippen molar-refractivity contribution in [3.8, 4) is 0 Å². The highest BCUT2D eigenvalue weighted by Crippen LogP contribution is 2.55. The van der Waals surface area contributed by atoms with Gasteiger partial charge in [-0.15, -0.1) is 0 Å². The second-order valence-corrected chi connectivity index (χ2v) is 6.89. The molecule has 0 amide bonds. The first-order valence-electron chi connectivity index (χ1n) is 7.60. The third kappa shape index (κ3) is 2.49. The summed E-state index contributed by atoms with van der Waals surface area (Å²) < 4.78 is 38.4. The third-order valence-electron chi connectivity index (χ3n) is 5.18. The van der Waals surface area contributed by atoms with Crippen molar-refractivity contribution < 1.29 is 18.3 Å². The SMILES string of the molecule is CC(C)[C@@]12CC[C@@](C)(O1)[C@@H](OCc1ccc(F)c(F)c1)C2. The molecular formula is C17H22F2O2. The quantitative estimate of drug-likeness (QED) is 0.828. The van der Waals surface area contributed by atoms with E-state index < -0.39 is 11.6 Å². The summed E-state index contributed by atoms with van der Waals surface area (Å²) in [5, 5.41) is 0. The Morgan fingerprint density at radius 1 is 1.29 bits per heavy atom. The highest BCUT2D eigenvalue weighted by atomic mass is 19.2. The number of fused-ring (bicyclic) bond motifs is 2. The van der Waals surface area contributed by atoms with Crippen molar-refractivity contribution >= 4 is 0 Å². The smallest absolute Gasteiger partial charge is 0.159 e. The average molecular weight is 296 g/mol. The normalized spacial score (nSPS) is 34.9. The van der Waals surface area contributed by atoms with Crippen LogP contribution in [0.3, 0.4) is 0 Å². The predicted molar refractivity (Wildman–Crippen MR) is 75.8 cm³/mol. The van der Waals surface area contributed by atoms with E-state index in [1.165, 1.54) is 6.07 Å². The second-order valence-electron chi connectivity index (χ2n) is 6.89. The zero-order chi connectivity index (χ0) is 15.3. The first-order chi connectivity index (χ1) is 9.85. The van der Waals surface area contributed by atoms with Gasteiger partial charge in [0.2, 0.25) is 0 Å². The van der Waals surface area contributed by atoms with Crippen molar-refractivity contribution in [1.29, 1.82) is 0 Å². The van der Waals surface area contributed by atoms with E-state index >= 15 is 0 Å². The summed E-state index contributed by atoms with van der Waals surface area (Å²) in [4.78, 5) is 0. The van der Waals surface area contributed by atoms with Gasteiger partial charge in [-0.25, -0.2) is 8.78 Å². The second kappa shape index (κ2) is 5.03.